The molecule has 0 aliphatic carbocycles. The number of nitrogens with zero attached hydrogens (tertiary/aromatic N) is 2. The van der Waals surface area contributed by atoms with Crippen molar-refractivity contribution in [2.45, 2.75) is 38.3 Å². The zero-order valence-electron chi connectivity index (χ0n) is 17.6. The minimum atomic E-state index is -0.357. The van der Waals surface area contributed by atoms with Crippen molar-refractivity contribution in [2.24, 2.45) is 0 Å². The molecular weight excluding hydrogens is 364 g/mol. The van der Waals surface area contributed by atoms with Crippen LogP contribution in [0.3, 0.4) is 0 Å². The fourth-order valence-electron chi connectivity index (χ4n) is 4.68. The van der Waals surface area contributed by atoms with E-state index in [9.17, 15) is 4.79 Å². The predicted octanol–water partition coefficient (Wildman–Crippen LogP) is 3.43. The first-order valence-electron chi connectivity index (χ1n) is 10.3. The van der Waals surface area contributed by atoms with Crippen molar-refractivity contribution in [1.82, 2.24) is 9.80 Å². The van der Waals surface area contributed by atoms with Crippen molar-refractivity contribution in [3.63, 3.8) is 0 Å². The van der Waals surface area contributed by atoms with E-state index >= 15 is 0 Å². The molecule has 2 aliphatic heterocycles. The highest BCUT2D eigenvalue weighted by molar-refractivity contribution is 5.79. The maximum Gasteiger partial charge on any atom is 0.227 e. The third-order valence-corrected chi connectivity index (χ3v) is 5.97. The molecule has 1 amide bonds. The van der Waals surface area contributed by atoms with E-state index in [2.05, 4.69) is 37.1 Å². The molecule has 5 heteroatoms. The number of fused-ring (bicyclic) bond motifs is 1. The van der Waals surface area contributed by atoms with Crippen molar-refractivity contribution >= 4 is 5.91 Å². The molecule has 0 radical (unpaired) electrons. The van der Waals surface area contributed by atoms with Crippen LogP contribution >= 0.6 is 0 Å². The second-order valence-electron chi connectivity index (χ2n) is 8.48. The number of amides is 1. The molecule has 29 heavy (non-hydrogen) atoms. The summed E-state index contributed by atoms with van der Waals surface area (Å²) in [6.45, 7) is 5.20. The highest BCUT2D eigenvalue weighted by Crippen LogP contribution is 2.35. The number of ether oxygens (including phenoxy) is 2. The Morgan fingerprint density at radius 1 is 1.21 bits per heavy atom. The predicted molar refractivity (Wildman–Crippen MR) is 113 cm³/mol. The van der Waals surface area contributed by atoms with Crippen molar-refractivity contribution in [3.8, 4) is 11.5 Å². The Bertz CT molecular complexity index is 897. The zero-order chi connectivity index (χ0) is 20.4. The lowest BCUT2D eigenvalue weighted by atomic mass is 9.91. The van der Waals surface area contributed by atoms with Gasteiger partial charge >= 0.3 is 0 Å². The van der Waals surface area contributed by atoms with Crippen LogP contribution in [0.1, 0.15) is 29.5 Å². The van der Waals surface area contributed by atoms with E-state index in [1.807, 2.05) is 29.2 Å². The van der Waals surface area contributed by atoms with Gasteiger partial charge in [-0.15, -0.1) is 0 Å². The Balaban J connectivity index is 1.54. The fraction of sp³-hybridized carbons (Fsp3) is 0.458. The molecular formula is C24H30N2O3. The normalized spacial score (nSPS) is 22.0. The van der Waals surface area contributed by atoms with E-state index < -0.39 is 0 Å². The van der Waals surface area contributed by atoms with Gasteiger partial charge in [-0.2, -0.15) is 0 Å². The van der Waals surface area contributed by atoms with Gasteiger partial charge in [0.05, 0.1) is 20.1 Å². The smallest absolute Gasteiger partial charge is 0.227 e. The lowest BCUT2D eigenvalue weighted by molar-refractivity contribution is -0.136. The van der Waals surface area contributed by atoms with Crippen LogP contribution in [0, 0.1) is 6.92 Å². The summed E-state index contributed by atoms with van der Waals surface area (Å²) in [7, 11) is 3.78. The van der Waals surface area contributed by atoms with E-state index in [1.54, 1.807) is 7.11 Å². The Labute approximate surface area is 173 Å². The van der Waals surface area contributed by atoms with Gasteiger partial charge in [-0.25, -0.2) is 0 Å². The molecule has 1 fully saturated rings. The van der Waals surface area contributed by atoms with Crippen LogP contribution in [0.15, 0.2) is 42.5 Å². The van der Waals surface area contributed by atoms with Gasteiger partial charge in [0.25, 0.3) is 0 Å². The average molecular weight is 395 g/mol. The minimum absolute atomic E-state index is 0.133. The largest absolute Gasteiger partial charge is 0.496 e. The number of aryl methyl sites for hydroxylation is 1. The number of likely N-dealkylation sites (N-methyl/N-ethyl adjacent to an activating group) is 1. The van der Waals surface area contributed by atoms with E-state index in [0.29, 0.717) is 13.0 Å². The summed E-state index contributed by atoms with van der Waals surface area (Å²) in [5, 5.41) is 0. The number of piperidine rings is 1. The Kier molecular flexibility index (Phi) is 5.50. The molecule has 1 unspecified atom stereocenters. The van der Waals surface area contributed by atoms with Gasteiger partial charge in [-0.05, 0) is 38.9 Å². The second kappa shape index (κ2) is 8.07. The summed E-state index contributed by atoms with van der Waals surface area (Å²) in [4.78, 5) is 17.4. The molecule has 154 valence electrons. The molecule has 1 atom stereocenters. The SMILES string of the molecule is COc1ccccc1CC(=O)N1CCCC2(CN(C)Cc3cc(C)ccc3O2)C1. The van der Waals surface area contributed by atoms with Gasteiger partial charge in [-0.3, -0.25) is 9.69 Å². The van der Waals surface area contributed by atoms with Crippen LogP contribution in [0.4, 0.5) is 0 Å². The number of benzene rings is 2. The number of likely N-dealkylation sites (tertiary alicyclic amines) is 1. The van der Waals surface area contributed by atoms with Crippen molar-refractivity contribution in [1.29, 1.82) is 0 Å². The number of methoxy groups -OCH3 is 1. The lowest BCUT2D eigenvalue weighted by Gasteiger charge is -2.43. The molecule has 2 aliphatic rings. The first kappa shape index (κ1) is 19.8. The standard InChI is InChI=1S/C24H30N2O3/c1-18-9-10-22-20(13-18)15-25(2)16-24(29-22)11-6-12-26(17-24)23(27)14-19-7-4-5-8-21(19)28-3/h4-5,7-10,13H,6,11-12,14-17H2,1-3H3. The topological polar surface area (TPSA) is 42.0 Å². The molecule has 1 spiro atoms. The van der Waals surface area contributed by atoms with Crippen LogP contribution in [0.2, 0.25) is 0 Å². The van der Waals surface area contributed by atoms with Gasteiger partial charge in [0.1, 0.15) is 17.1 Å². The highest BCUT2D eigenvalue weighted by Gasteiger charge is 2.42. The monoisotopic (exact) mass is 394 g/mol. The number of carbonyl (C=O) groups excluding carboxylic acids is 1. The number of para-hydroxylation sites is 1. The van der Waals surface area contributed by atoms with Gasteiger partial charge < -0.3 is 14.4 Å². The van der Waals surface area contributed by atoms with E-state index in [-0.39, 0.29) is 11.5 Å². The van der Waals surface area contributed by atoms with Crippen molar-refractivity contribution in [2.75, 3.05) is 33.8 Å². The Morgan fingerprint density at radius 2 is 2.03 bits per heavy atom. The molecule has 5 nitrogen and oxygen atoms in total. The van der Waals surface area contributed by atoms with Gasteiger partial charge in [-0.1, -0.05) is 35.9 Å². The number of hydrogen-bond donors (Lipinski definition) is 0. The summed E-state index contributed by atoms with van der Waals surface area (Å²) in [5.74, 6) is 1.86. The van der Waals surface area contributed by atoms with Crippen LogP contribution < -0.4 is 9.47 Å². The molecule has 2 aromatic carbocycles. The van der Waals surface area contributed by atoms with E-state index in [4.69, 9.17) is 9.47 Å². The fourth-order valence-corrected chi connectivity index (χ4v) is 4.68. The maximum atomic E-state index is 13.1. The van der Waals surface area contributed by atoms with Crippen LogP contribution in [-0.2, 0) is 17.8 Å². The quantitative estimate of drug-likeness (QED) is 0.800. The van der Waals surface area contributed by atoms with Gasteiger partial charge in [0, 0.05) is 30.8 Å². The van der Waals surface area contributed by atoms with Crippen LogP contribution in [0.5, 0.6) is 11.5 Å². The molecule has 2 aromatic rings. The molecule has 1 saturated heterocycles. The molecule has 4 rings (SSSR count). The number of hydrogen-bond acceptors (Lipinski definition) is 4. The second-order valence-corrected chi connectivity index (χ2v) is 8.48. The molecule has 0 bridgehead atoms. The number of carbonyl (C=O) groups is 1. The summed E-state index contributed by atoms with van der Waals surface area (Å²) in [5.41, 5.74) is 3.04. The van der Waals surface area contributed by atoms with Crippen LogP contribution in [0.25, 0.3) is 0 Å². The van der Waals surface area contributed by atoms with Gasteiger partial charge in [0.2, 0.25) is 5.91 Å². The van der Waals surface area contributed by atoms with E-state index in [1.165, 1.54) is 11.1 Å². The Morgan fingerprint density at radius 3 is 2.86 bits per heavy atom. The van der Waals surface area contributed by atoms with Crippen LogP contribution in [-0.4, -0.2) is 55.1 Å². The third kappa shape index (κ3) is 4.25. The first-order chi connectivity index (χ1) is 14.0. The summed E-state index contributed by atoms with van der Waals surface area (Å²) >= 11 is 0. The molecule has 0 aromatic heterocycles. The molecule has 0 saturated carbocycles. The third-order valence-electron chi connectivity index (χ3n) is 5.97. The summed E-state index contributed by atoms with van der Waals surface area (Å²) in [6, 6.07) is 14.1. The molecule has 0 N–H and O–H groups in total. The average Bonchev–Trinajstić information content (AvgIpc) is 2.83. The zero-order valence-corrected chi connectivity index (χ0v) is 17.6. The van der Waals surface area contributed by atoms with Crippen molar-refractivity contribution < 1.29 is 14.3 Å². The van der Waals surface area contributed by atoms with Gasteiger partial charge in [0.15, 0.2) is 0 Å². The van der Waals surface area contributed by atoms with E-state index in [0.717, 1.165) is 49.5 Å². The molecule has 2 heterocycles. The minimum Gasteiger partial charge on any atom is -0.496 e. The summed E-state index contributed by atoms with van der Waals surface area (Å²) < 4.78 is 12.0. The maximum absolute atomic E-state index is 13.1. The summed E-state index contributed by atoms with van der Waals surface area (Å²) in [6.07, 6.45) is 2.27. The Hall–Kier alpha value is -2.53. The lowest BCUT2D eigenvalue weighted by Crippen LogP contribution is -2.57. The van der Waals surface area contributed by atoms with Crippen molar-refractivity contribution in [3.05, 3.63) is 59.2 Å². The first-order valence-corrected chi connectivity index (χ1v) is 10.3. The number of rotatable bonds is 3. The highest BCUT2D eigenvalue weighted by atomic mass is 16.5.